The molecule has 3 aromatic heterocycles. The molecule has 0 aromatic carbocycles. The van der Waals surface area contributed by atoms with E-state index in [9.17, 15) is 8.42 Å². The van der Waals surface area contributed by atoms with Crippen molar-refractivity contribution >= 4 is 32.7 Å². The first-order valence-electron chi connectivity index (χ1n) is 8.02. The number of rotatable bonds is 5. The highest BCUT2D eigenvalue weighted by Crippen LogP contribution is 2.28. The van der Waals surface area contributed by atoms with Crippen molar-refractivity contribution in [2.45, 2.75) is 23.5 Å². The molecule has 1 aliphatic rings. The third-order valence-electron chi connectivity index (χ3n) is 4.28. The molecule has 4 rings (SSSR count). The van der Waals surface area contributed by atoms with Gasteiger partial charge in [0, 0.05) is 30.5 Å². The smallest absolute Gasteiger partial charge is 0.252 e. The van der Waals surface area contributed by atoms with Gasteiger partial charge in [-0.2, -0.15) is 20.6 Å². The highest BCUT2D eigenvalue weighted by molar-refractivity contribution is 7.91. The number of thiophene rings is 2. The molecule has 0 spiro atoms. The predicted octanol–water partition coefficient (Wildman–Crippen LogP) is 3.50. The number of hydrogen-bond donors (Lipinski definition) is 0. The van der Waals surface area contributed by atoms with Crippen LogP contribution in [-0.4, -0.2) is 36.0 Å². The van der Waals surface area contributed by atoms with Crippen LogP contribution in [0.1, 0.15) is 18.7 Å². The maximum Gasteiger partial charge on any atom is 0.252 e. The Balaban J connectivity index is 1.45. The first-order chi connectivity index (χ1) is 12.1. The van der Waals surface area contributed by atoms with Gasteiger partial charge in [0.2, 0.25) is 11.7 Å². The summed E-state index contributed by atoms with van der Waals surface area (Å²) in [6, 6.07) is 5.38. The highest BCUT2D eigenvalue weighted by Gasteiger charge is 2.31. The second-order valence-corrected chi connectivity index (χ2v) is 9.92. The molecule has 1 fully saturated rings. The number of hydrogen-bond acceptors (Lipinski definition) is 7. The Hall–Kier alpha value is -1.55. The fourth-order valence-corrected chi connectivity index (χ4v) is 6.38. The normalized spacial score (nSPS) is 19.3. The van der Waals surface area contributed by atoms with Crippen LogP contribution in [0.2, 0.25) is 0 Å². The van der Waals surface area contributed by atoms with Crippen LogP contribution in [0.4, 0.5) is 0 Å². The molecule has 1 unspecified atom stereocenters. The molecule has 1 atom stereocenters. The van der Waals surface area contributed by atoms with Crippen molar-refractivity contribution in [2.24, 2.45) is 5.92 Å². The van der Waals surface area contributed by atoms with E-state index in [2.05, 4.69) is 10.1 Å². The van der Waals surface area contributed by atoms with Crippen molar-refractivity contribution in [3.05, 3.63) is 40.2 Å². The van der Waals surface area contributed by atoms with E-state index < -0.39 is 10.0 Å². The van der Waals surface area contributed by atoms with Crippen LogP contribution in [0.25, 0.3) is 11.4 Å². The Kier molecular flexibility index (Phi) is 4.72. The molecular formula is C16H17N3O3S3. The summed E-state index contributed by atoms with van der Waals surface area (Å²) in [6.45, 7) is 1.07. The Morgan fingerprint density at radius 3 is 3.00 bits per heavy atom. The van der Waals surface area contributed by atoms with Crippen LogP contribution in [0.15, 0.2) is 43.1 Å². The zero-order chi connectivity index (χ0) is 17.3. The Labute approximate surface area is 154 Å². The zero-order valence-corrected chi connectivity index (χ0v) is 15.8. The van der Waals surface area contributed by atoms with Gasteiger partial charge in [0.05, 0.1) is 0 Å². The molecule has 1 aliphatic heterocycles. The van der Waals surface area contributed by atoms with E-state index in [-0.39, 0.29) is 5.92 Å². The largest absolute Gasteiger partial charge is 0.339 e. The fourth-order valence-electron chi connectivity index (χ4n) is 3.04. The monoisotopic (exact) mass is 395 g/mol. The fraction of sp³-hybridized carbons (Fsp3) is 0.375. The summed E-state index contributed by atoms with van der Waals surface area (Å²) < 4.78 is 32.7. The summed E-state index contributed by atoms with van der Waals surface area (Å²) in [5.74, 6) is 1.36. The second-order valence-electron chi connectivity index (χ2n) is 6.03. The van der Waals surface area contributed by atoms with Crippen LogP contribution in [0, 0.1) is 5.92 Å². The third kappa shape index (κ3) is 3.55. The quantitative estimate of drug-likeness (QED) is 0.661. The summed E-state index contributed by atoms with van der Waals surface area (Å²) in [5.41, 5.74) is 0.950. The van der Waals surface area contributed by atoms with E-state index in [0.29, 0.717) is 35.4 Å². The second kappa shape index (κ2) is 6.99. The SMILES string of the molecule is O=S(=O)(c1cccs1)N1CCCC(Cc2nc(-c3ccsc3)no2)C1. The summed E-state index contributed by atoms with van der Waals surface area (Å²) >= 11 is 2.85. The lowest BCUT2D eigenvalue weighted by Crippen LogP contribution is -2.40. The van der Waals surface area contributed by atoms with Crippen molar-refractivity contribution in [3.63, 3.8) is 0 Å². The van der Waals surface area contributed by atoms with Gasteiger partial charge in [-0.1, -0.05) is 11.2 Å². The first-order valence-corrected chi connectivity index (χ1v) is 11.3. The average molecular weight is 396 g/mol. The van der Waals surface area contributed by atoms with Gasteiger partial charge in [0.1, 0.15) is 4.21 Å². The van der Waals surface area contributed by atoms with Gasteiger partial charge < -0.3 is 4.52 Å². The predicted molar refractivity (Wildman–Crippen MR) is 97.1 cm³/mol. The van der Waals surface area contributed by atoms with Gasteiger partial charge in [0.25, 0.3) is 10.0 Å². The van der Waals surface area contributed by atoms with Crippen LogP contribution < -0.4 is 0 Å². The van der Waals surface area contributed by atoms with Crippen molar-refractivity contribution in [3.8, 4) is 11.4 Å². The van der Waals surface area contributed by atoms with Crippen LogP contribution >= 0.6 is 22.7 Å². The van der Waals surface area contributed by atoms with Crippen molar-refractivity contribution in [1.82, 2.24) is 14.4 Å². The van der Waals surface area contributed by atoms with E-state index in [1.54, 1.807) is 33.2 Å². The van der Waals surface area contributed by atoms with Crippen LogP contribution in [0.5, 0.6) is 0 Å². The van der Waals surface area contributed by atoms with Crippen molar-refractivity contribution in [1.29, 1.82) is 0 Å². The van der Waals surface area contributed by atoms with E-state index in [0.717, 1.165) is 18.4 Å². The lowest BCUT2D eigenvalue weighted by molar-refractivity contribution is 0.247. The molecule has 132 valence electrons. The molecule has 6 nitrogen and oxygen atoms in total. The molecule has 0 aliphatic carbocycles. The van der Waals surface area contributed by atoms with Gasteiger partial charge in [0.15, 0.2) is 0 Å². The summed E-state index contributed by atoms with van der Waals surface area (Å²) in [5, 5.41) is 9.76. The maximum atomic E-state index is 12.7. The summed E-state index contributed by atoms with van der Waals surface area (Å²) in [7, 11) is -3.39. The molecule has 1 saturated heterocycles. The van der Waals surface area contributed by atoms with E-state index in [1.807, 2.05) is 16.8 Å². The summed E-state index contributed by atoms with van der Waals surface area (Å²) in [6.07, 6.45) is 2.42. The lowest BCUT2D eigenvalue weighted by Gasteiger charge is -2.30. The topological polar surface area (TPSA) is 76.3 Å². The lowest BCUT2D eigenvalue weighted by atomic mass is 9.96. The highest BCUT2D eigenvalue weighted by atomic mass is 32.2. The van der Waals surface area contributed by atoms with Crippen LogP contribution in [-0.2, 0) is 16.4 Å². The van der Waals surface area contributed by atoms with Crippen molar-refractivity contribution in [2.75, 3.05) is 13.1 Å². The standard InChI is InChI=1S/C16H17N3O3S3/c20-25(21,15-4-2-7-24-15)19-6-1-3-12(10-19)9-14-17-16(18-22-14)13-5-8-23-11-13/h2,4-5,7-8,11-12H,1,3,6,9-10H2. The van der Waals surface area contributed by atoms with Gasteiger partial charge >= 0.3 is 0 Å². The molecule has 0 N–H and O–H groups in total. The maximum absolute atomic E-state index is 12.7. The molecule has 9 heteroatoms. The molecule has 25 heavy (non-hydrogen) atoms. The van der Waals surface area contributed by atoms with E-state index in [1.165, 1.54) is 11.3 Å². The Bertz CT molecular complexity index is 917. The minimum Gasteiger partial charge on any atom is -0.339 e. The molecule has 0 bridgehead atoms. The Morgan fingerprint density at radius 2 is 2.24 bits per heavy atom. The molecular weight excluding hydrogens is 378 g/mol. The number of piperidine rings is 1. The zero-order valence-electron chi connectivity index (χ0n) is 13.4. The molecule has 0 radical (unpaired) electrons. The van der Waals surface area contributed by atoms with E-state index >= 15 is 0 Å². The van der Waals surface area contributed by atoms with Crippen molar-refractivity contribution < 1.29 is 12.9 Å². The first kappa shape index (κ1) is 16.9. The van der Waals surface area contributed by atoms with E-state index in [4.69, 9.17) is 4.52 Å². The van der Waals surface area contributed by atoms with Gasteiger partial charge in [-0.25, -0.2) is 8.42 Å². The van der Waals surface area contributed by atoms with Crippen LogP contribution in [0.3, 0.4) is 0 Å². The third-order valence-corrected chi connectivity index (χ3v) is 8.20. The Morgan fingerprint density at radius 1 is 1.32 bits per heavy atom. The average Bonchev–Trinajstić information content (AvgIpc) is 3.36. The van der Waals surface area contributed by atoms with Gasteiger partial charge in [-0.15, -0.1) is 11.3 Å². The minimum absolute atomic E-state index is 0.194. The molecule has 0 saturated carbocycles. The summed E-state index contributed by atoms with van der Waals surface area (Å²) in [4.78, 5) is 4.45. The number of sulfonamides is 1. The molecule has 0 amide bonds. The number of aromatic nitrogens is 2. The minimum atomic E-state index is -3.39. The molecule has 4 heterocycles. The van der Waals surface area contributed by atoms with Gasteiger partial charge in [-0.3, -0.25) is 0 Å². The van der Waals surface area contributed by atoms with Gasteiger partial charge in [-0.05, 0) is 41.7 Å². The molecule has 3 aromatic rings. The number of nitrogens with zero attached hydrogens (tertiary/aromatic N) is 3.